The van der Waals surface area contributed by atoms with E-state index in [1.165, 1.54) is 4.90 Å². The summed E-state index contributed by atoms with van der Waals surface area (Å²) in [6, 6.07) is 20.5. The minimum Gasteiger partial charge on any atom is -0.495 e. The lowest BCUT2D eigenvalue weighted by Crippen LogP contribution is -2.32. The molecule has 1 heterocycles. The average Bonchev–Trinajstić information content (AvgIpc) is 2.99. The molecule has 0 saturated carbocycles. The standard InChI is InChI=1S/C26H24N2O3/c1-16-10-12-20(18(3)14-16)23-24(27-21-15-17(2)11-13-22(21)31-4)26(30)28(25(23)29)19-8-6-5-7-9-19/h5-15,27H,1-4H3. The van der Waals surface area contributed by atoms with Gasteiger partial charge in [-0.1, -0.05) is 48.0 Å². The van der Waals surface area contributed by atoms with Gasteiger partial charge in [0.2, 0.25) is 0 Å². The minimum absolute atomic E-state index is 0.240. The summed E-state index contributed by atoms with van der Waals surface area (Å²) in [5, 5.41) is 3.21. The highest BCUT2D eigenvalue weighted by Gasteiger charge is 2.40. The Kier molecular flexibility index (Phi) is 5.34. The van der Waals surface area contributed by atoms with E-state index in [1.54, 1.807) is 19.2 Å². The molecule has 5 nitrogen and oxygen atoms in total. The maximum absolute atomic E-state index is 13.6. The molecule has 5 heteroatoms. The number of nitrogens with one attached hydrogen (secondary N) is 1. The van der Waals surface area contributed by atoms with Crippen LogP contribution >= 0.6 is 0 Å². The number of carbonyl (C=O) groups is 2. The van der Waals surface area contributed by atoms with E-state index in [-0.39, 0.29) is 11.6 Å². The number of anilines is 2. The van der Waals surface area contributed by atoms with Crippen molar-refractivity contribution in [2.75, 3.05) is 17.3 Å². The zero-order valence-electron chi connectivity index (χ0n) is 18.0. The summed E-state index contributed by atoms with van der Waals surface area (Å²) in [7, 11) is 1.58. The van der Waals surface area contributed by atoms with Crippen LogP contribution in [0.1, 0.15) is 22.3 Å². The van der Waals surface area contributed by atoms with E-state index in [0.717, 1.165) is 22.3 Å². The molecule has 3 aromatic rings. The zero-order chi connectivity index (χ0) is 22.1. The SMILES string of the molecule is COc1ccc(C)cc1NC1=C(c2ccc(C)cc2C)C(=O)N(c2ccccc2)C1=O. The van der Waals surface area contributed by atoms with Crippen LogP contribution in [-0.2, 0) is 9.59 Å². The van der Waals surface area contributed by atoms with Crippen LogP contribution in [0.4, 0.5) is 11.4 Å². The Bertz CT molecular complexity index is 1210. The molecule has 0 atom stereocenters. The van der Waals surface area contributed by atoms with Gasteiger partial charge in [0.1, 0.15) is 11.4 Å². The monoisotopic (exact) mass is 412 g/mol. The maximum atomic E-state index is 13.6. The summed E-state index contributed by atoms with van der Waals surface area (Å²) in [5.41, 5.74) is 5.53. The lowest BCUT2D eigenvalue weighted by atomic mass is 9.97. The highest BCUT2D eigenvalue weighted by Crippen LogP contribution is 2.37. The molecular formula is C26H24N2O3. The van der Waals surface area contributed by atoms with E-state index < -0.39 is 5.91 Å². The van der Waals surface area contributed by atoms with Crippen LogP contribution in [-0.4, -0.2) is 18.9 Å². The Morgan fingerprint density at radius 2 is 1.48 bits per heavy atom. The second kappa shape index (κ2) is 8.11. The quantitative estimate of drug-likeness (QED) is 0.598. The van der Waals surface area contributed by atoms with E-state index in [0.29, 0.717) is 22.7 Å². The highest BCUT2D eigenvalue weighted by molar-refractivity contribution is 6.46. The fraction of sp³-hybridized carbons (Fsp3) is 0.154. The number of ether oxygens (including phenoxy) is 1. The molecule has 0 bridgehead atoms. The van der Waals surface area contributed by atoms with Gasteiger partial charge in [0.05, 0.1) is 24.1 Å². The number of amides is 2. The number of benzene rings is 3. The van der Waals surface area contributed by atoms with Crippen molar-refractivity contribution in [1.29, 1.82) is 0 Å². The predicted octanol–water partition coefficient (Wildman–Crippen LogP) is 5.02. The van der Waals surface area contributed by atoms with Crippen molar-refractivity contribution < 1.29 is 14.3 Å². The van der Waals surface area contributed by atoms with E-state index in [4.69, 9.17) is 4.74 Å². The molecule has 0 aromatic heterocycles. The molecule has 1 aliphatic rings. The molecule has 0 aliphatic carbocycles. The normalized spacial score (nSPS) is 13.7. The van der Waals surface area contributed by atoms with Crippen molar-refractivity contribution in [3.63, 3.8) is 0 Å². The third-order valence-electron chi connectivity index (χ3n) is 5.36. The highest BCUT2D eigenvalue weighted by atomic mass is 16.5. The van der Waals surface area contributed by atoms with Crippen LogP contribution < -0.4 is 15.0 Å². The number of imide groups is 1. The summed E-state index contributed by atoms with van der Waals surface area (Å²) in [6.07, 6.45) is 0. The van der Waals surface area contributed by atoms with Crippen molar-refractivity contribution in [3.05, 3.63) is 94.7 Å². The summed E-state index contributed by atoms with van der Waals surface area (Å²) >= 11 is 0. The van der Waals surface area contributed by atoms with Crippen LogP contribution in [0.3, 0.4) is 0 Å². The number of para-hydroxylation sites is 1. The lowest BCUT2D eigenvalue weighted by molar-refractivity contribution is -0.120. The molecule has 31 heavy (non-hydrogen) atoms. The number of aryl methyl sites for hydroxylation is 3. The third kappa shape index (κ3) is 3.70. The summed E-state index contributed by atoms with van der Waals surface area (Å²) in [6.45, 7) is 5.91. The number of methoxy groups -OCH3 is 1. The summed E-state index contributed by atoms with van der Waals surface area (Å²) < 4.78 is 5.47. The van der Waals surface area contributed by atoms with Crippen LogP contribution in [0.25, 0.3) is 5.57 Å². The van der Waals surface area contributed by atoms with Crippen molar-refractivity contribution in [2.45, 2.75) is 20.8 Å². The number of rotatable bonds is 5. The largest absolute Gasteiger partial charge is 0.495 e. The Hall–Kier alpha value is -3.86. The lowest BCUT2D eigenvalue weighted by Gasteiger charge is -2.16. The molecule has 1 N–H and O–H groups in total. The van der Waals surface area contributed by atoms with Gasteiger partial charge in [0, 0.05) is 0 Å². The Morgan fingerprint density at radius 3 is 2.16 bits per heavy atom. The molecule has 2 amide bonds. The molecule has 1 aliphatic heterocycles. The molecule has 0 fully saturated rings. The fourth-order valence-electron chi connectivity index (χ4n) is 3.86. The van der Waals surface area contributed by atoms with Crippen molar-refractivity contribution in [3.8, 4) is 5.75 Å². The smallest absolute Gasteiger partial charge is 0.282 e. The minimum atomic E-state index is -0.394. The van der Waals surface area contributed by atoms with Crippen LogP contribution in [0.15, 0.2) is 72.4 Å². The zero-order valence-corrected chi connectivity index (χ0v) is 18.0. The van der Waals surface area contributed by atoms with Crippen LogP contribution in [0, 0.1) is 20.8 Å². The van der Waals surface area contributed by atoms with Gasteiger partial charge in [-0.25, -0.2) is 4.90 Å². The summed E-state index contributed by atoms with van der Waals surface area (Å²) in [4.78, 5) is 28.3. The average molecular weight is 412 g/mol. The Labute approximate surface area is 182 Å². The molecule has 156 valence electrons. The fourth-order valence-corrected chi connectivity index (χ4v) is 3.86. The molecule has 4 rings (SSSR count). The van der Waals surface area contributed by atoms with Gasteiger partial charge in [-0.2, -0.15) is 0 Å². The van der Waals surface area contributed by atoms with Gasteiger partial charge in [0.15, 0.2) is 0 Å². The molecule has 0 saturated heterocycles. The number of hydrogen-bond donors (Lipinski definition) is 1. The van der Waals surface area contributed by atoms with Gasteiger partial charge in [0.25, 0.3) is 11.8 Å². The molecule has 0 spiro atoms. The topological polar surface area (TPSA) is 58.6 Å². The van der Waals surface area contributed by atoms with Crippen LogP contribution in [0.2, 0.25) is 0 Å². The van der Waals surface area contributed by atoms with E-state index in [2.05, 4.69) is 5.32 Å². The second-order valence-electron chi connectivity index (χ2n) is 7.68. The number of nitrogens with zero attached hydrogens (tertiary/aromatic N) is 1. The van der Waals surface area contributed by atoms with Gasteiger partial charge in [-0.3, -0.25) is 9.59 Å². The van der Waals surface area contributed by atoms with E-state index in [1.807, 2.05) is 75.4 Å². The Balaban J connectivity index is 1.89. The first-order valence-corrected chi connectivity index (χ1v) is 10.1. The first kappa shape index (κ1) is 20.4. The van der Waals surface area contributed by atoms with E-state index in [9.17, 15) is 9.59 Å². The van der Waals surface area contributed by atoms with Gasteiger partial charge < -0.3 is 10.1 Å². The maximum Gasteiger partial charge on any atom is 0.282 e. The first-order valence-electron chi connectivity index (χ1n) is 10.1. The Morgan fingerprint density at radius 1 is 0.806 bits per heavy atom. The van der Waals surface area contributed by atoms with Gasteiger partial charge in [-0.05, 0) is 61.7 Å². The summed E-state index contributed by atoms with van der Waals surface area (Å²) in [5.74, 6) is -0.150. The first-order chi connectivity index (χ1) is 14.9. The van der Waals surface area contributed by atoms with E-state index >= 15 is 0 Å². The van der Waals surface area contributed by atoms with Gasteiger partial charge in [-0.15, -0.1) is 0 Å². The second-order valence-corrected chi connectivity index (χ2v) is 7.68. The molecule has 0 unspecified atom stereocenters. The predicted molar refractivity (Wildman–Crippen MR) is 123 cm³/mol. The van der Waals surface area contributed by atoms with Crippen molar-refractivity contribution >= 4 is 28.8 Å². The molecule has 0 radical (unpaired) electrons. The molecular weight excluding hydrogens is 388 g/mol. The van der Waals surface area contributed by atoms with Crippen molar-refractivity contribution in [2.24, 2.45) is 0 Å². The number of carbonyl (C=O) groups excluding carboxylic acids is 2. The number of hydrogen-bond acceptors (Lipinski definition) is 4. The third-order valence-corrected chi connectivity index (χ3v) is 5.36. The van der Waals surface area contributed by atoms with Crippen molar-refractivity contribution in [1.82, 2.24) is 0 Å². The molecule has 3 aromatic carbocycles. The van der Waals surface area contributed by atoms with Crippen LogP contribution in [0.5, 0.6) is 5.75 Å². The van der Waals surface area contributed by atoms with Gasteiger partial charge >= 0.3 is 0 Å².